The molecule has 1 fully saturated rings. The highest BCUT2D eigenvalue weighted by Crippen LogP contribution is 2.26. The molecule has 1 aliphatic rings. The number of piperidine rings is 1. The zero-order valence-electron chi connectivity index (χ0n) is 17.4. The molecule has 0 N–H and O–H groups in total. The quantitative estimate of drug-likeness (QED) is 0.575. The molecule has 0 saturated carbocycles. The van der Waals surface area contributed by atoms with Crippen LogP contribution >= 0.6 is 0 Å². The van der Waals surface area contributed by atoms with Crippen molar-refractivity contribution >= 4 is 11.6 Å². The largest absolute Gasteiger partial charge is 0.496 e. The van der Waals surface area contributed by atoms with Gasteiger partial charge in [0.05, 0.1) is 13.4 Å². The Morgan fingerprint density at radius 3 is 2.47 bits per heavy atom. The van der Waals surface area contributed by atoms with Crippen LogP contribution in [0.5, 0.6) is 5.75 Å². The maximum atomic E-state index is 13.2. The topological polar surface area (TPSA) is 45.9 Å². The highest BCUT2D eigenvalue weighted by molar-refractivity contribution is 6.04. The Labute approximate surface area is 177 Å². The number of rotatable bonds is 7. The fraction of sp³-hybridized carbons (Fsp3) is 0.320. The second-order valence-corrected chi connectivity index (χ2v) is 7.62. The molecule has 1 aliphatic heterocycles. The number of furan rings is 1. The van der Waals surface area contributed by atoms with E-state index in [4.69, 9.17) is 9.15 Å². The highest BCUT2D eigenvalue weighted by Gasteiger charge is 2.30. The lowest BCUT2D eigenvalue weighted by Gasteiger charge is -2.38. The van der Waals surface area contributed by atoms with E-state index < -0.39 is 0 Å². The molecule has 2 aromatic carbocycles. The molecule has 0 aliphatic carbocycles. The predicted molar refractivity (Wildman–Crippen MR) is 118 cm³/mol. The van der Waals surface area contributed by atoms with E-state index in [9.17, 15) is 4.79 Å². The van der Waals surface area contributed by atoms with Gasteiger partial charge in [-0.2, -0.15) is 0 Å². The second-order valence-electron chi connectivity index (χ2n) is 7.62. The van der Waals surface area contributed by atoms with E-state index in [1.54, 1.807) is 25.5 Å². The normalized spacial score (nSPS) is 15.1. The number of benzene rings is 2. The highest BCUT2D eigenvalue weighted by atomic mass is 16.5. The van der Waals surface area contributed by atoms with Gasteiger partial charge in [-0.15, -0.1) is 0 Å². The van der Waals surface area contributed by atoms with Crippen molar-refractivity contribution in [3.05, 3.63) is 84.3 Å². The third-order valence-corrected chi connectivity index (χ3v) is 5.80. The fourth-order valence-corrected chi connectivity index (χ4v) is 4.19. The summed E-state index contributed by atoms with van der Waals surface area (Å²) in [6, 6.07) is 21.8. The summed E-state index contributed by atoms with van der Waals surface area (Å²) in [7, 11) is 1.72. The van der Waals surface area contributed by atoms with Crippen LogP contribution in [-0.2, 0) is 6.42 Å². The number of carbonyl (C=O) groups is 1. The number of para-hydroxylation sites is 2. The van der Waals surface area contributed by atoms with Crippen LogP contribution in [0.3, 0.4) is 0 Å². The van der Waals surface area contributed by atoms with Gasteiger partial charge in [0.2, 0.25) is 0 Å². The van der Waals surface area contributed by atoms with E-state index in [0.29, 0.717) is 5.76 Å². The van der Waals surface area contributed by atoms with E-state index in [2.05, 4.69) is 17.0 Å². The number of amides is 1. The second kappa shape index (κ2) is 9.63. The summed E-state index contributed by atoms with van der Waals surface area (Å²) in [5, 5.41) is 0. The van der Waals surface area contributed by atoms with Gasteiger partial charge in [0, 0.05) is 31.4 Å². The number of anilines is 1. The molecule has 1 aromatic heterocycles. The minimum atomic E-state index is -0.0707. The van der Waals surface area contributed by atoms with Crippen LogP contribution in [-0.4, -0.2) is 43.6 Å². The average molecular weight is 405 g/mol. The van der Waals surface area contributed by atoms with Gasteiger partial charge in [-0.1, -0.05) is 36.4 Å². The Bertz CT molecular complexity index is 932. The van der Waals surface area contributed by atoms with E-state index in [1.165, 1.54) is 5.56 Å². The molecule has 2 heterocycles. The molecule has 0 radical (unpaired) electrons. The third kappa shape index (κ3) is 4.57. The number of hydrogen-bond acceptors (Lipinski definition) is 4. The van der Waals surface area contributed by atoms with Gasteiger partial charge in [0.15, 0.2) is 5.76 Å². The first-order valence-electron chi connectivity index (χ1n) is 10.5. The Balaban J connectivity index is 1.41. The van der Waals surface area contributed by atoms with Crippen LogP contribution in [0.2, 0.25) is 0 Å². The maximum Gasteiger partial charge on any atom is 0.294 e. The Hall–Kier alpha value is -3.05. The van der Waals surface area contributed by atoms with Crippen molar-refractivity contribution in [2.45, 2.75) is 25.3 Å². The summed E-state index contributed by atoms with van der Waals surface area (Å²) in [5.41, 5.74) is 2.16. The molecular weight excluding hydrogens is 376 g/mol. The zero-order chi connectivity index (χ0) is 20.8. The first kappa shape index (κ1) is 20.2. The zero-order valence-corrected chi connectivity index (χ0v) is 17.4. The van der Waals surface area contributed by atoms with Crippen molar-refractivity contribution in [3.8, 4) is 5.75 Å². The van der Waals surface area contributed by atoms with Crippen molar-refractivity contribution in [3.63, 3.8) is 0 Å². The van der Waals surface area contributed by atoms with E-state index in [-0.39, 0.29) is 11.9 Å². The summed E-state index contributed by atoms with van der Waals surface area (Å²) in [6.07, 6.45) is 4.39. The molecule has 0 atom stereocenters. The number of methoxy groups -OCH3 is 1. The minimum Gasteiger partial charge on any atom is -0.496 e. The van der Waals surface area contributed by atoms with Gasteiger partial charge < -0.3 is 19.0 Å². The molecule has 0 bridgehead atoms. The molecule has 0 unspecified atom stereocenters. The number of likely N-dealkylation sites (tertiary alicyclic amines) is 1. The van der Waals surface area contributed by atoms with Crippen molar-refractivity contribution < 1.29 is 13.9 Å². The van der Waals surface area contributed by atoms with Crippen molar-refractivity contribution in [1.29, 1.82) is 0 Å². The smallest absolute Gasteiger partial charge is 0.294 e. The lowest BCUT2D eigenvalue weighted by Crippen LogP contribution is -2.48. The van der Waals surface area contributed by atoms with Crippen LogP contribution in [0.4, 0.5) is 5.69 Å². The van der Waals surface area contributed by atoms with Gasteiger partial charge in [0.1, 0.15) is 5.75 Å². The molecule has 1 saturated heterocycles. The summed E-state index contributed by atoms with van der Waals surface area (Å²) >= 11 is 0. The van der Waals surface area contributed by atoms with E-state index in [0.717, 1.165) is 50.3 Å². The van der Waals surface area contributed by atoms with Crippen molar-refractivity contribution in [2.75, 3.05) is 31.6 Å². The molecule has 0 spiro atoms. The molecule has 5 heteroatoms. The van der Waals surface area contributed by atoms with Crippen LogP contribution < -0.4 is 9.64 Å². The fourth-order valence-electron chi connectivity index (χ4n) is 4.19. The average Bonchev–Trinajstić information content (AvgIpc) is 3.35. The number of hydrogen-bond donors (Lipinski definition) is 0. The van der Waals surface area contributed by atoms with Gasteiger partial charge in [-0.25, -0.2) is 0 Å². The Morgan fingerprint density at radius 2 is 1.77 bits per heavy atom. The molecule has 30 heavy (non-hydrogen) atoms. The Morgan fingerprint density at radius 1 is 1.03 bits per heavy atom. The van der Waals surface area contributed by atoms with Gasteiger partial charge in [-0.3, -0.25) is 4.79 Å². The summed E-state index contributed by atoms with van der Waals surface area (Å²) in [5.74, 6) is 1.27. The number of nitrogens with zero attached hydrogens (tertiary/aromatic N) is 2. The van der Waals surface area contributed by atoms with Crippen LogP contribution in [0.15, 0.2) is 77.4 Å². The Kier molecular flexibility index (Phi) is 6.50. The first-order valence-corrected chi connectivity index (χ1v) is 10.5. The lowest BCUT2D eigenvalue weighted by atomic mass is 10.0. The summed E-state index contributed by atoms with van der Waals surface area (Å²) in [4.78, 5) is 17.6. The molecule has 4 rings (SSSR count). The van der Waals surface area contributed by atoms with Crippen LogP contribution in [0.25, 0.3) is 0 Å². The third-order valence-electron chi connectivity index (χ3n) is 5.80. The molecule has 5 nitrogen and oxygen atoms in total. The molecule has 3 aromatic rings. The number of carbonyl (C=O) groups excluding carboxylic acids is 1. The maximum absolute atomic E-state index is 13.2. The summed E-state index contributed by atoms with van der Waals surface area (Å²) < 4.78 is 10.9. The lowest BCUT2D eigenvalue weighted by molar-refractivity contribution is 0.0933. The van der Waals surface area contributed by atoms with E-state index >= 15 is 0 Å². The van der Waals surface area contributed by atoms with Gasteiger partial charge >= 0.3 is 0 Å². The summed E-state index contributed by atoms with van der Waals surface area (Å²) in [6.45, 7) is 2.92. The predicted octanol–water partition coefficient (Wildman–Crippen LogP) is 4.64. The standard InChI is InChI=1S/C25H28N2O3/c1-29-23-11-6-5-8-20(23)13-16-26-17-14-22(15-18-26)27(21-9-3-2-4-10-21)25(28)24-12-7-19-30-24/h2-12,19,22H,13-18H2,1H3. The van der Waals surface area contributed by atoms with Gasteiger partial charge in [0.25, 0.3) is 5.91 Å². The van der Waals surface area contributed by atoms with Gasteiger partial charge in [-0.05, 0) is 55.2 Å². The molecule has 1 amide bonds. The number of ether oxygens (including phenoxy) is 1. The molecule has 156 valence electrons. The van der Waals surface area contributed by atoms with Crippen LogP contribution in [0, 0.1) is 0 Å². The van der Waals surface area contributed by atoms with E-state index in [1.807, 2.05) is 47.4 Å². The minimum absolute atomic E-state index is 0.0707. The SMILES string of the molecule is COc1ccccc1CCN1CCC(N(C(=O)c2ccco2)c2ccccc2)CC1. The first-order chi connectivity index (χ1) is 14.8. The van der Waals surface area contributed by atoms with Crippen molar-refractivity contribution in [1.82, 2.24) is 4.90 Å². The molecular formula is C25H28N2O3. The van der Waals surface area contributed by atoms with Crippen molar-refractivity contribution in [2.24, 2.45) is 0 Å². The monoisotopic (exact) mass is 404 g/mol. The van der Waals surface area contributed by atoms with Crippen LogP contribution in [0.1, 0.15) is 29.0 Å².